The number of nitrogens with zero attached hydrogens (tertiary/aromatic N) is 1. The van der Waals surface area contributed by atoms with Crippen molar-refractivity contribution < 1.29 is 17.9 Å². The maximum Gasteiger partial charge on any atom is 0.321 e. The number of anilines is 1. The van der Waals surface area contributed by atoms with Gasteiger partial charge in [-0.1, -0.05) is 6.07 Å². The predicted molar refractivity (Wildman–Crippen MR) is 84.9 cm³/mol. The normalized spacial score (nSPS) is 18.2. The predicted octanol–water partition coefficient (Wildman–Crippen LogP) is 2.04. The molecule has 22 heavy (non-hydrogen) atoms. The van der Waals surface area contributed by atoms with Gasteiger partial charge in [-0.05, 0) is 37.5 Å². The van der Waals surface area contributed by atoms with E-state index in [0.717, 1.165) is 31.3 Å². The van der Waals surface area contributed by atoms with Gasteiger partial charge < -0.3 is 15.0 Å². The van der Waals surface area contributed by atoms with Crippen LogP contribution in [0.2, 0.25) is 0 Å². The first-order chi connectivity index (χ1) is 10.3. The molecule has 7 heteroatoms. The maximum atomic E-state index is 12.3. The maximum absolute atomic E-state index is 12.3. The van der Waals surface area contributed by atoms with Crippen LogP contribution in [0.4, 0.5) is 10.5 Å². The molecule has 0 saturated carbocycles. The van der Waals surface area contributed by atoms with E-state index in [1.54, 1.807) is 19.2 Å². The largest absolute Gasteiger partial charge is 0.376 e. The number of carbonyl (C=O) groups is 1. The zero-order chi connectivity index (χ0) is 16.3. The number of benzene rings is 1. The van der Waals surface area contributed by atoms with E-state index >= 15 is 0 Å². The minimum absolute atomic E-state index is 0.0580. The van der Waals surface area contributed by atoms with Crippen molar-refractivity contribution in [2.45, 2.75) is 30.8 Å². The number of sulfone groups is 1. The quantitative estimate of drug-likeness (QED) is 0.919. The van der Waals surface area contributed by atoms with Gasteiger partial charge in [-0.25, -0.2) is 13.2 Å². The standard InChI is InChI=1S/C15H22N2O4S/c1-11-6-7-14(22(3,19)20)13(9-11)16-15(18)17(2)10-12-5-4-8-21-12/h6-7,9,12H,4-5,8,10H2,1-3H3,(H,16,18)/t12-/m1/s1. The second-order valence-corrected chi connectivity index (χ2v) is 7.70. The fourth-order valence-corrected chi connectivity index (χ4v) is 3.28. The summed E-state index contributed by atoms with van der Waals surface area (Å²) in [7, 11) is -1.73. The molecule has 2 rings (SSSR count). The number of nitrogens with one attached hydrogen (secondary N) is 1. The van der Waals surface area contributed by atoms with Crippen molar-refractivity contribution in [3.63, 3.8) is 0 Å². The van der Waals surface area contributed by atoms with Crippen LogP contribution in [0.25, 0.3) is 0 Å². The smallest absolute Gasteiger partial charge is 0.321 e. The molecular formula is C15H22N2O4S. The summed E-state index contributed by atoms with van der Waals surface area (Å²) < 4.78 is 29.1. The third-order valence-corrected chi connectivity index (χ3v) is 4.78. The highest BCUT2D eigenvalue weighted by molar-refractivity contribution is 7.90. The number of aryl methyl sites for hydroxylation is 1. The summed E-state index contributed by atoms with van der Waals surface area (Å²) in [6.07, 6.45) is 3.14. The Morgan fingerprint density at radius 2 is 2.18 bits per heavy atom. The molecule has 1 aromatic rings. The van der Waals surface area contributed by atoms with Crippen molar-refractivity contribution >= 4 is 21.6 Å². The molecule has 0 unspecified atom stereocenters. The molecule has 0 aliphatic carbocycles. The van der Waals surface area contributed by atoms with Crippen molar-refractivity contribution in [1.29, 1.82) is 0 Å². The van der Waals surface area contributed by atoms with Crippen LogP contribution in [-0.2, 0) is 14.6 Å². The van der Waals surface area contributed by atoms with E-state index in [2.05, 4.69) is 5.32 Å². The highest BCUT2D eigenvalue weighted by Gasteiger charge is 2.21. The van der Waals surface area contributed by atoms with Crippen LogP contribution >= 0.6 is 0 Å². The number of likely N-dealkylation sites (N-methyl/N-ethyl adjacent to an activating group) is 1. The zero-order valence-corrected chi connectivity index (χ0v) is 13.9. The lowest BCUT2D eigenvalue weighted by Crippen LogP contribution is -2.37. The van der Waals surface area contributed by atoms with Crippen molar-refractivity contribution in [1.82, 2.24) is 4.90 Å². The third-order valence-electron chi connectivity index (χ3n) is 3.62. The zero-order valence-electron chi connectivity index (χ0n) is 13.1. The molecule has 1 N–H and O–H groups in total. The molecule has 2 amide bonds. The lowest BCUT2D eigenvalue weighted by Gasteiger charge is -2.22. The average Bonchev–Trinajstić information content (AvgIpc) is 2.90. The summed E-state index contributed by atoms with van der Waals surface area (Å²) in [5, 5.41) is 2.68. The molecule has 1 heterocycles. The number of hydrogen-bond donors (Lipinski definition) is 1. The minimum Gasteiger partial charge on any atom is -0.376 e. The third kappa shape index (κ3) is 4.20. The molecule has 1 aliphatic rings. The van der Waals surface area contributed by atoms with Gasteiger partial charge in [-0.15, -0.1) is 0 Å². The molecule has 0 spiro atoms. The number of urea groups is 1. The molecule has 0 bridgehead atoms. The van der Waals surface area contributed by atoms with Gasteiger partial charge in [0, 0.05) is 26.5 Å². The second kappa shape index (κ2) is 6.66. The van der Waals surface area contributed by atoms with Gasteiger partial charge in [0.1, 0.15) is 0 Å². The van der Waals surface area contributed by atoms with Crippen LogP contribution in [0.15, 0.2) is 23.1 Å². The van der Waals surface area contributed by atoms with Gasteiger partial charge >= 0.3 is 6.03 Å². The van der Waals surface area contributed by atoms with Crippen LogP contribution in [0, 0.1) is 6.92 Å². The first-order valence-corrected chi connectivity index (χ1v) is 9.11. The van der Waals surface area contributed by atoms with Gasteiger partial charge in [0.25, 0.3) is 0 Å². The second-order valence-electron chi connectivity index (χ2n) is 5.72. The van der Waals surface area contributed by atoms with E-state index in [-0.39, 0.29) is 17.0 Å². The highest BCUT2D eigenvalue weighted by Crippen LogP contribution is 2.23. The lowest BCUT2D eigenvalue weighted by atomic mass is 10.2. The van der Waals surface area contributed by atoms with Crippen molar-refractivity contribution in [2.24, 2.45) is 0 Å². The number of rotatable bonds is 4. The van der Waals surface area contributed by atoms with Gasteiger partial charge in [-0.2, -0.15) is 0 Å². The lowest BCUT2D eigenvalue weighted by molar-refractivity contribution is 0.0894. The van der Waals surface area contributed by atoms with Crippen LogP contribution in [0.5, 0.6) is 0 Å². The minimum atomic E-state index is -3.40. The molecule has 1 saturated heterocycles. The molecule has 1 atom stereocenters. The molecule has 6 nitrogen and oxygen atoms in total. The van der Waals surface area contributed by atoms with Crippen LogP contribution in [-0.4, -0.2) is 51.9 Å². The van der Waals surface area contributed by atoms with Gasteiger partial charge in [-0.3, -0.25) is 0 Å². The number of carbonyl (C=O) groups excluding carboxylic acids is 1. The average molecular weight is 326 g/mol. The van der Waals surface area contributed by atoms with Crippen molar-refractivity contribution in [2.75, 3.05) is 31.8 Å². The Bertz CT molecular complexity index is 652. The fourth-order valence-electron chi connectivity index (χ4n) is 2.45. The summed E-state index contributed by atoms with van der Waals surface area (Å²) >= 11 is 0. The monoisotopic (exact) mass is 326 g/mol. The van der Waals surface area contributed by atoms with Gasteiger partial charge in [0.2, 0.25) is 0 Å². The van der Waals surface area contributed by atoms with Crippen LogP contribution in [0.1, 0.15) is 18.4 Å². The Morgan fingerprint density at radius 3 is 2.77 bits per heavy atom. The highest BCUT2D eigenvalue weighted by atomic mass is 32.2. The summed E-state index contributed by atoms with van der Waals surface area (Å²) in [5.74, 6) is 0. The van der Waals surface area contributed by atoms with E-state index in [4.69, 9.17) is 4.74 Å². The Labute approximate surface area is 131 Å². The van der Waals surface area contributed by atoms with Gasteiger partial charge in [0.15, 0.2) is 9.84 Å². The number of ether oxygens (including phenoxy) is 1. The first-order valence-electron chi connectivity index (χ1n) is 7.22. The Hall–Kier alpha value is -1.60. The number of hydrogen-bond acceptors (Lipinski definition) is 4. The molecule has 1 aromatic carbocycles. The van der Waals surface area contributed by atoms with Crippen LogP contribution < -0.4 is 5.32 Å². The van der Waals surface area contributed by atoms with Crippen molar-refractivity contribution in [3.8, 4) is 0 Å². The Balaban J connectivity index is 2.12. The van der Waals surface area contributed by atoms with E-state index in [1.807, 2.05) is 6.92 Å². The van der Waals surface area contributed by atoms with Crippen molar-refractivity contribution in [3.05, 3.63) is 23.8 Å². The number of amides is 2. The van der Waals surface area contributed by atoms with Crippen LogP contribution in [0.3, 0.4) is 0 Å². The molecule has 1 aliphatic heterocycles. The molecular weight excluding hydrogens is 304 g/mol. The molecule has 1 fully saturated rings. The topological polar surface area (TPSA) is 75.7 Å². The summed E-state index contributed by atoms with van der Waals surface area (Å²) in [6, 6.07) is 4.54. The van der Waals surface area contributed by atoms with E-state index in [1.165, 1.54) is 11.0 Å². The first kappa shape index (κ1) is 16.8. The van der Waals surface area contributed by atoms with Gasteiger partial charge in [0.05, 0.1) is 16.7 Å². The van der Waals surface area contributed by atoms with E-state index in [9.17, 15) is 13.2 Å². The molecule has 122 valence electrons. The van der Waals surface area contributed by atoms with E-state index in [0.29, 0.717) is 12.2 Å². The Kier molecular flexibility index (Phi) is 5.08. The summed E-state index contributed by atoms with van der Waals surface area (Å²) in [6.45, 7) is 3.07. The summed E-state index contributed by atoms with van der Waals surface area (Å²) in [5.41, 5.74) is 1.19. The molecule has 0 radical (unpaired) electrons. The van der Waals surface area contributed by atoms with E-state index < -0.39 is 9.84 Å². The Morgan fingerprint density at radius 1 is 1.45 bits per heavy atom. The summed E-state index contributed by atoms with van der Waals surface area (Å²) in [4.78, 5) is 13.9. The fraction of sp³-hybridized carbons (Fsp3) is 0.533. The SMILES string of the molecule is Cc1ccc(S(C)(=O)=O)c(NC(=O)N(C)C[C@H]2CCCO2)c1. The molecule has 0 aromatic heterocycles.